The first-order valence-electron chi connectivity index (χ1n) is 11.2. The van der Waals surface area contributed by atoms with E-state index >= 15 is 0 Å². The summed E-state index contributed by atoms with van der Waals surface area (Å²) in [4.78, 5) is 2.75. The summed E-state index contributed by atoms with van der Waals surface area (Å²) in [6.45, 7) is 13.6. The van der Waals surface area contributed by atoms with Crippen molar-refractivity contribution in [3.63, 3.8) is 0 Å². The summed E-state index contributed by atoms with van der Waals surface area (Å²) in [6.07, 6.45) is 16.4. The van der Waals surface area contributed by atoms with Crippen LogP contribution in [0.3, 0.4) is 0 Å². The van der Waals surface area contributed by atoms with E-state index in [-0.39, 0.29) is 0 Å². The summed E-state index contributed by atoms with van der Waals surface area (Å²) in [5.41, 5.74) is 0. The van der Waals surface area contributed by atoms with Crippen LogP contribution in [0.5, 0.6) is 0 Å². The second-order valence-electron chi connectivity index (χ2n) is 9.93. The quantitative estimate of drug-likeness (QED) is 0.420. The van der Waals surface area contributed by atoms with Crippen molar-refractivity contribution in [3.8, 4) is 0 Å². The van der Waals surface area contributed by atoms with Crippen molar-refractivity contribution >= 4 is 0 Å². The van der Waals surface area contributed by atoms with Crippen molar-refractivity contribution in [1.29, 1.82) is 0 Å². The van der Waals surface area contributed by atoms with Gasteiger partial charge in [0.05, 0.1) is 0 Å². The fourth-order valence-electron chi connectivity index (χ4n) is 5.30. The van der Waals surface area contributed by atoms with Crippen molar-refractivity contribution < 1.29 is 0 Å². The van der Waals surface area contributed by atoms with Gasteiger partial charge in [-0.25, -0.2) is 0 Å². The van der Waals surface area contributed by atoms with Crippen molar-refractivity contribution in [2.24, 2.45) is 29.6 Å². The van der Waals surface area contributed by atoms with E-state index in [4.69, 9.17) is 0 Å². The van der Waals surface area contributed by atoms with E-state index in [1.54, 1.807) is 0 Å². The lowest BCUT2D eigenvalue weighted by atomic mass is 9.77. The summed E-state index contributed by atoms with van der Waals surface area (Å²) >= 11 is 0. The number of hydrogen-bond acceptors (Lipinski definition) is 1. The van der Waals surface area contributed by atoms with E-state index in [2.05, 4.69) is 32.6 Å². The summed E-state index contributed by atoms with van der Waals surface area (Å²) in [7, 11) is 0. The Bertz CT molecular complexity index is 274. The van der Waals surface area contributed by atoms with Crippen LogP contribution in [0.4, 0.5) is 0 Å². The summed E-state index contributed by atoms with van der Waals surface area (Å²) in [6, 6.07) is 0. The van der Waals surface area contributed by atoms with Gasteiger partial charge in [0.25, 0.3) is 0 Å². The molecule has 0 aromatic rings. The lowest BCUT2D eigenvalue weighted by Gasteiger charge is -2.33. The highest BCUT2D eigenvalue weighted by atomic mass is 15.1. The molecule has 1 saturated heterocycles. The molecular formula is C23H45N. The number of hydrogen-bond donors (Lipinski definition) is 0. The summed E-state index contributed by atoms with van der Waals surface area (Å²) in [5, 5.41) is 0. The van der Waals surface area contributed by atoms with Gasteiger partial charge < -0.3 is 4.90 Å². The third-order valence-electron chi connectivity index (χ3n) is 6.62. The maximum absolute atomic E-state index is 2.75. The number of unbranched alkanes of at least 4 members (excludes halogenated alkanes) is 1. The molecule has 0 bridgehead atoms. The first kappa shape index (κ1) is 20.3. The Hall–Kier alpha value is -0.0400. The highest BCUT2D eigenvalue weighted by Crippen LogP contribution is 2.35. The van der Waals surface area contributed by atoms with Crippen LogP contribution in [0.1, 0.15) is 98.3 Å². The van der Waals surface area contributed by atoms with Crippen molar-refractivity contribution in [2.45, 2.75) is 98.3 Å². The highest BCUT2D eigenvalue weighted by Gasteiger charge is 2.22. The molecule has 2 rings (SSSR count). The Balaban J connectivity index is 1.48. The maximum Gasteiger partial charge on any atom is -0.00161 e. The third-order valence-corrected chi connectivity index (χ3v) is 6.62. The number of nitrogens with zero attached hydrogens (tertiary/aromatic N) is 1. The highest BCUT2D eigenvalue weighted by molar-refractivity contribution is 4.75. The number of rotatable bonds is 9. The Morgan fingerprint density at radius 2 is 1.17 bits per heavy atom. The van der Waals surface area contributed by atoms with Crippen LogP contribution in [0, 0.1) is 29.6 Å². The molecule has 0 radical (unpaired) electrons. The zero-order valence-electron chi connectivity index (χ0n) is 17.2. The molecule has 1 nitrogen and oxygen atoms in total. The zero-order valence-corrected chi connectivity index (χ0v) is 17.2. The molecule has 142 valence electrons. The maximum atomic E-state index is 2.75. The number of likely N-dealkylation sites (tertiary alicyclic amines) is 1. The lowest BCUT2D eigenvalue weighted by Crippen LogP contribution is -2.34. The van der Waals surface area contributed by atoms with Crippen molar-refractivity contribution in [3.05, 3.63) is 0 Å². The van der Waals surface area contributed by atoms with Crippen molar-refractivity contribution in [1.82, 2.24) is 4.90 Å². The Kier molecular flexibility index (Phi) is 9.16. The molecule has 1 saturated carbocycles. The molecule has 0 N–H and O–H groups in total. The molecule has 0 unspecified atom stereocenters. The minimum absolute atomic E-state index is 0.886. The Morgan fingerprint density at radius 3 is 1.71 bits per heavy atom. The van der Waals surface area contributed by atoms with Crippen LogP contribution >= 0.6 is 0 Å². The Labute approximate surface area is 153 Å². The molecule has 0 spiro atoms. The van der Waals surface area contributed by atoms with Gasteiger partial charge in [0, 0.05) is 0 Å². The molecule has 24 heavy (non-hydrogen) atoms. The largest absolute Gasteiger partial charge is 0.303 e. The van der Waals surface area contributed by atoms with Crippen LogP contribution in [0.2, 0.25) is 0 Å². The van der Waals surface area contributed by atoms with Crippen molar-refractivity contribution in [2.75, 3.05) is 19.6 Å². The molecule has 0 amide bonds. The average molecular weight is 336 g/mol. The van der Waals surface area contributed by atoms with E-state index in [1.165, 1.54) is 90.3 Å². The van der Waals surface area contributed by atoms with Gasteiger partial charge in [-0.15, -0.1) is 0 Å². The van der Waals surface area contributed by atoms with E-state index in [0.29, 0.717) is 0 Å². The molecule has 0 aromatic carbocycles. The molecule has 1 heteroatoms. The van der Waals surface area contributed by atoms with Crippen LogP contribution < -0.4 is 0 Å². The molecule has 1 aliphatic carbocycles. The summed E-state index contributed by atoms with van der Waals surface area (Å²) < 4.78 is 0. The monoisotopic (exact) mass is 335 g/mol. The molecular weight excluding hydrogens is 290 g/mol. The molecule has 1 aliphatic heterocycles. The molecule has 2 fully saturated rings. The smallest absolute Gasteiger partial charge is 0.00161 e. The third kappa shape index (κ3) is 7.89. The van der Waals surface area contributed by atoms with E-state index in [1.807, 2.05) is 0 Å². The van der Waals surface area contributed by atoms with Gasteiger partial charge in [0.2, 0.25) is 0 Å². The normalized spacial score (nSPS) is 27.2. The molecule has 0 atom stereocenters. The van der Waals surface area contributed by atoms with Gasteiger partial charge in [0.15, 0.2) is 0 Å². The fourth-order valence-corrected chi connectivity index (χ4v) is 5.30. The predicted octanol–water partition coefficient (Wildman–Crippen LogP) is 6.77. The first-order valence-corrected chi connectivity index (χ1v) is 11.2. The van der Waals surface area contributed by atoms with Crippen LogP contribution in [0.25, 0.3) is 0 Å². The molecule has 2 aliphatic rings. The minimum Gasteiger partial charge on any atom is -0.303 e. The minimum atomic E-state index is 0.886. The van der Waals surface area contributed by atoms with Gasteiger partial charge in [0.1, 0.15) is 0 Å². The molecule has 0 aromatic heterocycles. The van der Waals surface area contributed by atoms with Crippen LogP contribution in [-0.2, 0) is 0 Å². The predicted molar refractivity (Wildman–Crippen MR) is 107 cm³/mol. The van der Waals surface area contributed by atoms with Gasteiger partial charge >= 0.3 is 0 Å². The van der Waals surface area contributed by atoms with E-state index < -0.39 is 0 Å². The first-order chi connectivity index (χ1) is 11.5. The second kappa shape index (κ2) is 10.8. The van der Waals surface area contributed by atoms with E-state index in [9.17, 15) is 0 Å². The summed E-state index contributed by atoms with van der Waals surface area (Å²) in [5.74, 6) is 4.91. The SMILES string of the molecule is CC(C)CC1CCC(CCCCN2CCC(CC(C)C)CC2)CC1. The van der Waals surface area contributed by atoms with Gasteiger partial charge in [-0.3, -0.25) is 0 Å². The standard InChI is InChI=1S/C23H45N/c1-19(2)17-22-10-8-21(9-11-22)7-5-6-14-24-15-12-23(13-16-24)18-20(3)4/h19-23H,5-18H2,1-4H3. The fraction of sp³-hybridized carbons (Fsp3) is 1.00. The van der Waals surface area contributed by atoms with Gasteiger partial charge in [-0.2, -0.15) is 0 Å². The van der Waals surface area contributed by atoms with Gasteiger partial charge in [-0.1, -0.05) is 66.2 Å². The van der Waals surface area contributed by atoms with Crippen LogP contribution in [-0.4, -0.2) is 24.5 Å². The average Bonchev–Trinajstić information content (AvgIpc) is 2.53. The molecule has 1 heterocycles. The lowest BCUT2D eigenvalue weighted by molar-refractivity contribution is 0.165. The van der Waals surface area contributed by atoms with Gasteiger partial charge in [-0.05, 0) is 81.3 Å². The topological polar surface area (TPSA) is 3.24 Å². The Morgan fingerprint density at radius 1 is 0.667 bits per heavy atom. The number of piperidine rings is 1. The van der Waals surface area contributed by atoms with E-state index in [0.717, 1.165) is 29.6 Å². The van der Waals surface area contributed by atoms with Crippen LogP contribution in [0.15, 0.2) is 0 Å². The zero-order chi connectivity index (χ0) is 17.4. The second-order valence-corrected chi connectivity index (χ2v) is 9.93.